The molecule has 4 aromatic rings. The molecule has 0 atom stereocenters. The minimum Gasteiger partial charge on any atom is -0.348 e. The Labute approximate surface area is 218 Å². The topological polar surface area (TPSA) is 102 Å². The van der Waals surface area contributed by atoms with Gasteiger partial charge in [-0.15, -0.1) is 0 Å². The number of fused-ring (bicyclic) bond motifs is 1. The van der Waals surface area contributed by atoms with Crippen molar-refractivity contribution in [1.82, 2.24) is 29.3 Å². The maximum atomic E-state index is 13.6. The van der Waals surface area contributed by atoms with E-state index in [9.17, 15) is 14.4 Å². The first-order chi connectivity index (χ1) is 17.6. The molecule has 9 nitrogen and oxygen atoms in total. The number of carbonyl (C=O) groups is 2. The third-order valence-corrected chi connectivity index (χ3v) is 6.72. The monoisotopic (exact) mass is 518 g/mol. The summed E-state index contributed by atoms with van der Waals surface area (Å²) in [6.45, 7) is 5.42. The number of hydrogen-bond acceptors (Lipinski definition) is 5. The maximum absolute atomic E-state index is 13.6. The standard InChI is InChI=1S/C27H27ClN6O3/c1-27(2)14-33(15-27)23(35)13-34-24-20(19(8-9-29-24)22-12-32(3)16-31-22)10-21(26(34)37)25(36)30-11-17-4-6-18(28)7-5-17/h4-10,12,16H,11,13-15H2,1-3H3,(H,30,36). The van der Waals surface area contributed by atoms with Crippen LogP contribution in [-0.4, -0.2) is 48.9 Å². The number of likely N-dealkylation sites (tertiary alicyclic amines) is 1. The highest BCUT2D eigenvalue weighted by atomic mass is 35.5. The zero-order chi connectivity index (χ0) is 26.3. The van der Waals surface area contributed by atoms with Gasteiger partial charge in [-0.2, -0.15) is 0 Å². The summed E-state index contributed by atoms with van der Waals surface area (Å²) >= 11 is 5.95. The Morgan fingerprint density at radius 1 is 1.11 bits per heavy atom. The third-order valence-electron chi connectivity index (χ3n) is 6.46. The summed E-state index contributed by atoms with van der Waals surface area (Å²) in [4.78, 5) is 50.5. The van der Waals surface area contributed by atoms with E-state index >= 15 is 0 Å². The second-order valence-corrected chi connectivity index (χ2v) is 10.6. The number of imidazole rings is 1. The Morgan fingerprint density at radius 3 is 2.49 bits per heavy atom. The summed E-state index contributed by atoms with van der Waals surface area (Å²) in [7, 11) is 1.86. The Morgan fingerprint density at radius 2 is 1.84 bits per heavy atom. The lowest BCUT2D eigenvalue weighted by atomic mass is 9.84. The molecule has 4 heterocycles. The van der Waals surface area contributed by atoms with Crippen LogP contribution >= 0.6 is 11.6 Å². The highest BCUT2D eigenvalue weighted by molar-refractivity contribution is 6.30. The van der Waals surface area contributed by atoms with E-state index in [1.54, 1.807) is 53.8 Å². The van der Waals surface area contributed by atoms with Crippen LogP contribution in [0.3, 0.4) is 0 Å². The molecule has 1 aliphatic rings. The van der Waals surface area contributed by atoms with Crippen LogP contribution in [0.15, 0.2) is 59.9 Å². The fourth-order valence-corrected chi connectivity index (χ4v) is 4.76. The number of benzene rings is 1. The zero-order valence-electron chi connectivity index (χ0n) is 20.9. The zero-order valence-corrected chi connectivity index (χ0v) is 21.6. The summed E-state index contributed by atoms with van der Waals surface area (Å²) < 4.78 is 3.11. The van der Waals surface area contributed by atoms with Crippen molar-refractivity contribution in [3.05, 3.63) is 81.6 Å². The Hall–Kier alpha value is -3.98. The number of aryl methyl sites for hydroxylation is 1. The van der Waals surface area contributed by atoms with E-state index in [-0.39, 0.29) is 30.0 Å². The molecule has 3 aromatic heterocycles. The van der Waals surface area contributed by atoms with E-state index in [0.29, 0.717) is 40.4 Å². The SMILES string of the molecule is Cn1cnc(-c2ccnc3c2cc(C(=O)NCc2ccc(Cl)cc2)c(=O)n3CC(=O)N2CC(C)(C)C2)c1. The fourth-order valence-electron chi connectivity index (χ4n) is 4.63. The largest absolute Gasteiger partial charge is 0.348 e. The first-order valence-corrected chi connectivity index (χ1v) is 12.3. The molecule has 1 saturated heterocycles. The van der Waals surface area contributed by atoms with Gasteiger partial charge in [-0.25, -0.2) is 9.97 Å². The third kappa shape index (κ3) is 4.99. The molecule has 0 bridgehead atoms. The Bertz CT molecular complexity index is 1560. The van der Waals surface area contributed by atoms with E-state index in [4.69, 9.17) is 11.6 Å². The molecule has 37 heavy (non-hydrogen) atoms. The molecule has 0 saturated carbocycles. The normalized spacial score (nSPS) is 14.4. The molecule has 0 aliphatic carbocycles. The van der Waals surface area contributed by atoms with Crippen molar-refractivity contribution in [1.29, 1.82) is 0 Å². The minimum absolute atomic E-state index is 0.0521. The highest BCUT2D eigenvalue weighted by Gasteiger charge is 2.37. The molecule has 2 amide bonds. The number of rotatable bonds is 6. The second kappa shape index (κ2) is 9.48. The number of aromatic nitrogens is 4. The number of nitrogens with one attached hydrogen (secondary N) is 1. The quantitative estimate of drug-likeness (QED) is 0.422. The van der Waals surface area contributed by atoms with Gasteiger partial charge in [0.1, 0.15) is 17.8 Å². The molecule has 1 fully saturated rings. The van der Waals surface area contributed by atoms with Gasteiger partial charge < -0.3 is 14.8 Å². The van der Waals surface area contributed by atoms with E-state index in [0.717, 1.165) is 5.56 Å². The van der Waals surface area contributed by atoms with Crippen LogP contribution in [0.25, 0.3) is 22.3 Å². The van der Waals surface area contributed by atoms with Crippen LogP contribution in [0, 0.1) is 5.41 Å². The average Bonchev–Trinajstić information content (AvgIpc) is 3.29. The lowest BCUT2D eigenvalue weighted by molar-refractivity contribution is -0.142. The van der Waals surface area contributed by atoms with Crippen LogP contribution in [0.4, 0.5) is 0 Å². The van der Waals surface area contributed by atoms with Crippen molar-refractivity contribution in [3.8, 4) is 11.3 Å². The smallest absolute Gasteiger partial charge is 0.265 e. The maximum Gasteiger partial charge on any atom is 0.265 e. The van der Waals surface area contributed by atoms with Gasteiger partial charge >= 0.3 is 0 Å². The van der Waals surface area contributed by atoms with Gasteiger partial charge in [0, 0.05) is 55.0 Å². The van der Waals surface area contributed by atoms with E-state index in [1.807, 2.05) is 17.8 Å². The molecule has 5 rings (SSSR count). The number of hydrogen-bond donors (Lipinski definition) is 1. The molecule has 0 radical (unpaired) electrons. The van der Waals surface area contributed by atoms with Gasteiger partial charge in [-0.05, 0) is 35.2 Å². The molecular weight excluding hydrogens is 492 g/mol. The van der Waals surface area contributed by atoms with Gasteiger partial charge in [0.05, 0.1) is 12.0 Å². The first kappa shape index (κ1) is 24.7. The number of halogens is 1. The summed E-state index contributed by atoms with van der Waals surface area (Å²) in [5.74, 6) is -0.726. The van der Waals surface area contributed by atoms with Gasteiger partial charge in [0.15, 0.2) is 0 Å². The van der Waals surface area contributed by atoms with Crippen molar-refractivity contribution in [2.24, 2.45) is 12.5 Å². The van der Waals surface area contributed by atoms with Gasteiger partial charge in [-0.3, -0.25) is 19.0 Å². The van der Waals surface area contributed by atoms with E-state index in [1.165, 1.54) is 4.57 Å². The number of carbonyl (C=O) groups excluding carboxylic acids is 2. The molecule has 190 valence electrons. The Kier molecular flexibility index (Phi) is 6.33. The van der Waals surface area contributed by atoms with Crippen molar-refractivity contribution in [3.63, 3.8) is 0 Å². The van der Waals surface area contributed by atoms with Gasteiger partial charge in [0.2, 0.25) is 5.91 Å². The molecule has 1 N–H and O–H groups in total. The lowest BCUT2D eigenvalue weighted by Crippen LogP contribution is -2.56. The van der Waals surface area contributed by atoms with Crippen LogP contribution in [0.2, 0.25) is 5.02 Å². The number of amides is 2. The van der Waals surface area contributed by atoms with Crippen molar-refractivity contribution in [2.75, 3.05) is 13.1 Å². The first-order valence-electron chi connectivity index (χ1n) is 11.9. The minimum atomic E-state index is -0.570. The van der Waals surface area contributed by atoms with Crippen LogP contribution in [-0.2, 0) is 24.9 Å². The number of pyridine rings is 2. The summed E-state index contributed by atoms with van der Waals surface area (Å²) in [6, 6.07) is 10.4. The van der Waals surface area contributed by atoms with Gasteiger partial charge in [-0.1, -0.05) is 37.6 Å². The van der Waals surface area contributed by atoms with Crippen molar-refractivity contribution >= 4 is 34.4 Å². The predicted octanol–water partition coefficient (Wildman–Crippen LogP) is 3.25. The van der Waals surface area contributed by atoms with E-state index in [2.05, 4.69) is 29.1 Å². The van der Waals surface area contributed by atoms with Gasteiger partial charge in [0.25, 0.3) is 11.5 Å². The Balaban J connectivity index is 1.56. The molecule has 10 heteroatoms. The van der Waals surface area contributed by atoms with Crippen molar-refractivity contribution in [2.45, 2.75) is 26.9 Å². The summed E-state index contributed by atoms with van der Waals surface area (Å²) in [6.07, 6.45) is 5.10. The van der Waals surface area contributed by atoms with Crippen LogP contribution in [0.1, 0.15) is 29.8 Å². The lowest BCUT2D eigenvalue weighted by Gasteiger charge is -2.45. The molecule has 0 spiro atoms. The highest BCUT2D eigenvalue weighted by Crippen LogP contribution is 2.29. The van der Waals surface area contributed by atoms with Crippen molar-refractivity contribution < 1.29 is 9.59 Å². The van der Waals surface area contributed by atoms with E-state index < -0.39 is 11.5 Å². The molecule has 1 aromatic carbocycles. The number of nitrogens with zero attached hydrogens (tertiary/aromatic N) is 5. The predicted molar refractivity (Wildman–Crippen MR) is 141 cm³/mol. The summed E-state index contributed by atoms with van der Waals surface area (Å²) in [5.41, 5.74) is 1.97. The van der Waals surface area contributed by atoms with Crippen LogP contribution < -0.4 is 10.9 Å². The average molecular weight is 519 g/mol. The summed E-state index contributed by atoms with van der Waals surface area (Å²) in [5, 5.41) is 3.97. The molecule has 1 aliphatic heterocycles. The second-order valence-electron chi connectivity index (χ2n) is 10.2. The fraction of sp³-hybridized carbons (Fsp3) is 0.296. The molecular formula is C27H27ClN6O3. The van der Waals surface area contributed by atoms with Crippen LogP contribution in [0.5, 0.6) is 0 Å². The molecule has 0 unspecified atom stereocenters.